The largest absolute Gasteiger partial charge is 0.324 e. The second-order valence-corrected chi connectivity index (χ2v) is 5.58. The van der Waals surface area contributed by atoms with E-state index in [1.54, 1.807) is 23.6 Å². The summed E-state index contributed by atoms with van der Waals surface area (Å²) in [4.78, 5) is 14.5. The molecule has 2 heterocycles. The molecule has 0 aliphatic heterocycles. The average molecular weight is 283 g/mol. The standard InChI is InChI=1S/C11H13N3O2S2/c1-2-9(11-12-3-4-17-11)13-6-8-5-10(14(15)16)18-7-8/h3-5,7,9,13H,2,6H2,1H3. The SMILES string of the molecule is CCC(NCc1csc([N+](=O)[O-])c1)c1nccs1. The van der Waals surface area contributed by atoms with Crippen LogP contribution in [0.5, 0.6) is 0 Å². The lowest BCUT2D eigenvalue weighted by Crippen LogP contribution is -2.19. The molecule has 1 atom stereocenters. The van der Waals surface area contributed by atoms with Gasteiger partial charge < -0.3 is 5.32 Å². The number of hydrogen-bond donors (Lipinski definition) is 1. The van der Waals surface area contributed by atoms with Crippen LogP contribution in [0.1, 0.15) is 30.0 Å². The van der Waals surface area contributed by atoms with Crippen LogP contribution < -0.4 is 5.32 Å². The molecule has 0 spiro atoms. The van der Waals surface area contributed by atoms with E-state index in [1.165, 1.54) is 0 Å². The summed E-state index contributed by atoms with van der Waals surface area (Å²) >= 11 is 2.78. The number of aromatic nitrogens is 1. The summed E-state index contributed by atoms with van der Waals surface area (Å²) in [5, 5.41) is 19.0. The van der Waals surface area contributed by atoms with E-state index in [4.69, 9.17) is 0 Å². The Kier molecular flexibility index (Phi) is 4.40. The Morgan fingerprint density at radius 2 is 2.39 bits per heavy atom. The lowest BCUT2D eigenvalue weighted by atomic mass is 10.2. The van der Waals surface area contributed by atoms with Gasteiger partial charge in [0.05, 0.1) is 11.0 Å². The number of nitro groups is 1. The number of thiophene rings is 1. The molecule has 0 radical (unpaired) electrons. The molecule has 0 fully saturated rings. The molecule has 5 nitrogen and oxygen atoms in total. The maximum absolute atomic E-state index is 10.6. The first-order chi connectivity index (χ1) is 8.70. The van der Waals surface area contributed by atoms with Gasteiger partial charge in [0.1, 0.15) is 5.01 Å². The van der Waals surface area contributed by atoms with Gasteiger partial charge in [0.2, 0.25) is 0 Å². The molecule has 0 aliphatic carbocycles. The number of hydrogen-bond acceptors (Lipinski definition) is 6. The molecule has 0 amide bonds. The molecule has 18 heavy (non-hydrogen) atoms. The maximum atomic E-state index is 10.6. The van der Waals surface area contributed by atoms with Crippen molar-refractivity contribution in [2.24, 2.45) is 0 Å². The minimum absolute atomic E-state index is 0.189. The Morgan fingerprint density at radius 3 is 2.94 bits per heavy atom. The van der Waals surface area contributed by atoms with Crippen molar-refractivity contribution in [3.8, 4) is 0 Å². The van der Waals surface area contributed by atoms with E-state index in [1.807, 2.05) is 10.8 Å². The van der Waals surface area contributed by atoms with Crippen molar-refractivity contribution in [3.05, 3.63) is 43.7 Å². The fraction of sp³-hybridized carbons (Fsp3) is 0.364. The lowest BCUT2D eigenvalue weighted by molar-refractivity contribution is -0.380. The fourth-order valence-electron chi connectivity index (χ4n) is 1.61. The van der Waals surface area contributed by atoms with Crippen LogP contribution in [0.2, 0.25) is 0 Å². The zero-order chi connectivity index (χ0) is 13.0. The van der Waals surface area contributed by atoms with Gasteiger partial charge >= 0.3 is 5.00 Å². The van der Waals surface area contributed by atoms with E-state index in [2.05, 4.69) is 17.2 Å². The van der Waals surface area contributed by atoms with Crippen LogP contribution in [-0.2, 0) is 6.54 Å². The number of nitrogens with zero attached hydrogens (tertiary/aromatic N) is 2. The third-order valence-corrected chi connectivity index (χ3v) is 4.35. The van der Waals surface area contributed by atoms with Crippen molar-refractivity contribution < 1.29 is 4.92 Å². The summed E-state index contributed by atoms with van der Waals surface area (Å²) in [7, 11) is 0. The highest BCUT2D eigenvalue weighted by molar-refractivity contribution is 7.13. The zero-order valence-electron chi connectivity index (χ0n) is 9.83. The summed E-state index contributed by atoms with van der Waals surface area (Å²) in [6.45, 7) is 2.72. The summed E-state index contributed by atoms with van der Waals surface area (Å²) in [6.07, 6.45) is 2.74. The molecule has 0 aliphatic rings. The van der Waals surface area contributed by atoms with Crippen molar-refractivity contribution in [2.75, 3.05) is 0 Å². The van der Waals surface area contributed by atoms with Crippen LogP contribution in [0.4, 0.5) is 5.00 Å². The van der Waals surface area contributed by atoms with E-state index in [0.717, 1.165) is 28.3 Å². The van der Waals surface area contributed by atoms with E-state index < -0.39 is 0 Å². The molecule has 96 valence electrons. The van der Waals surface area contributed by atoms with Crippen LogP contribution in [0, 0.1) is 10.1 Å². The van der Waals surface area contributed by atoms with Gasteiger partial charge in [0, 0.05) is 29.6 Å². The van der Waals surface area contributed by atoms with Gasteiger partial charge in [-0.2, -0.15) is 0 Å². The Bertz CT molecular complexity index is 510. The molecule has 0 bridgehead atoms. The Morgan fingerprint density at radius 1 is 1.56 bits per heavy atom. The molecule has 2 aromatic rings. The summed E-state index contributed by atoms with van der Waals surface area (Å²) in [6, 6.07) is 1.83. The van der Waals surface area contributed by atoms with E-state index in [0.29, 0.717) is 6.54 Å². The van der Waals surface area contributed by atoms with Crippen molar-refractivity contribution in [1.29, 1.82) is 0 Å². The van der Waals surface area contributed by atoms with Gasteiger partial charge in [0.15, 0.2) is 0 Å². The zero-order valence-corrected chi connectivity index (χ0v) is 11.5. The average Bonchev–Trinajstić information content (AvgIpc) is 3.00. The molecule has 7 heteroatoms. The minimum atomic E-state index is -0.355. The predicted octanol–water partition coefficient (Wildman–Crippen LogP) is 3.35. The van der Waals surface area contributed by atoms with Crippen molar-refractivity contribution in [1.82, 2.24) is 10.3 Å². The highest BCUT2D eigenvalue weighted by Gasteiger charge is 2.13. The Hall–Kier alpha value is -1.31. The number of nitrogens with one attached hydrogen (secondary N) is 1. The topological polar surface area (TPSA) is 68.1 Å². The Labute approximate surface area is 113 Å². The lowest BCUT2D eigenvalue weighted by Gasteiger charge is -2.13. The molecule has 0 saturated carbocycles. The highest BCUT2D eigenvalue weighted by Crippen LogP contribution is 2.24. The summed E-state index contributed by atoms with van der Waals surface area (Å²) in [5.41, 5.74) is 0.946. The first-order valence-electron chi connectivity index (χ1n) is 5.55. The highest BCUT2D eigenvalue weighted by atomic mass is 32.1. The van der Waals surface area contributed by atoms with Crippen LogP contribution in [0.25, 0.3) is 0 Å². The summed E-state index contributed by atoms with van der Waals surface area (Å²) in [5.74, 6) is 0. The third-order valence-electron chi connectivity index (χ3n) is 2.53. The van der Waals surface area contributed by atoms with Crippen LogP contribution >= 0.6 is 22.7 Å². The first kappa shape index (κ1) is 13.1. The number of thiazole rings is 1. The molecular formula is C11H13N3O2S2. The number of rotatable bonds is 6. The molecule has 1 unspecified atom stereocenters. The van der Waals surface area contributed by atoms with Gasteiger partial charge in [-0.05, 0) is 12.0 Å². The first-order valence-corrected chi connectivity index (χ1v) is 7.31. The molecule has 2 rings (SSSR count). The quantitative estimate of drug-likeness (QED) is 0.652. The van der Waals surface area contributed by atoms with Gasteiger partial charge in [-0.25, -0.2) is 4.98 Å². The van der Waals surface area contributed by atoms with E-state index >= 15 is 0 Å². The van der Waals surface area contributed by atoms with Crippen LogP contribution in [-0.4, -0.2) is 9.91 Å². The smallest absolute Gasteiger partial charge is 0.304 e. The third kappa shape index (κ3) is 3.12. The van der Waals surface area contributed by atoms with Crippen LogP contribution in [0.15, 0.2) is 23.0 Å². The molecular weight excluding hydrogens is 270 g/mol. The van der Waals surface area contributed by atoms with E-state index in [9.17, 15) is 10.1 Å². The molecule has 1 N–H and O–H groups in total. The van der Waals surface area contributed by atoms with Gasteiger partial charge in [-0.1, -0.05) is 18.3 Å². The van der Waals surface area contributed by atoms with Crippen molar-refractivity contribution in [3.63, 3.8) is 0 Å². The van der Waals surface area contributed by atoms with Crippen molar-refractivity contribution >= 4 is 27.7 Å². The van der Waals surface area contributed by atoms with Crippen LogP contribution in [0.3, 0.4) is 0 Å². The van der Waals surface area contributed by atoms with Gasteiger partial charge in [-0.3, -0.25) is 10.1 Å². The normalized spacial score (nSPS) is 12.5. The molecule has 0 aromatic carbocycles. The van der Waals surface area contributed by atoms with Gasteiger partial charge in [-0.15, -0.1) is 11.3 Å². The fourth-order valence-corrected chi connectivity index (χ4v) is 3.13. The second kappa shape index (κ2) is 6.03. The monoisotopic (exact) mass is 283 g/mol. The van der Waals surface area contributed by atoms with E-state index in [-0.39, 0.29) is 16.0 Å². The second-order valence-electron chi connectivity index (χ2n) is 3.76. The predicted molar refractivity (Wildman–Crippen MR) is 73.0 cm³/mol. The molecule has 0 saturated heterocycles. The maximum Gasteiger partial charge on any atom is 0.324 e. The Balaban J connectivity index is 1.95. The minimum Gasteiger partial charge on any atom is -0.304 e. The van der Waals surface area contributed by atoms with Gasteiger partial charge in [0.25, 0.3) is 0 Å². The molecule has 2 aromatic heterocycles. The summed E-state index contributed by atoms with van der Waals surface area (Å²) < 4.78 is 0. The van der Waals surface area contributed by atoms with Crippen molar-refractivity contribution in [2.45, 2.75) is 25.9 Å².